The Morgan fingerprint density at radius 3 is 2.82 bits per heavy atom. The second kappa shape index (κ2) is 8.39. The number of hydrogen-bond acceptors (Lipinski definition) is 4. The molecule has 0 radical (unpaired) electrons. The Kier molecular flexibility index (Phi) is 5.94. The van der Waals surface area contributed by atoms with Crippen molar-refractivity contribution in [1.29, 1.82) is 0 Å². The fourth-order valence-corrected chi connectivity index (χ4v) is 2.96. The first-order valence-corrected chi connectivity index (χ1v) is 9.19. The van der Waals surface area contributed by atoms with Crippen molar-refractivity contribution in [1.82, 2.24) is 20.3 Å². The lowest BCUT2D eigenvalue weighted by atomic mass is 10.1. The van der Waals surface area contributed by atoms with Crippen molar-refractivity contribution in [2.45, 2.75) is 26.8 Å². The monoisotopic (exact) mass is 402 g/mol. The number of carbonyl (C=O) groups excluding carboxylic acids is 1. The largest absolute Gasteiger partial charge is 0.494 e. The summed E-state index contributed by atoms with van der Waals surface area (Å²) in [5.41, 5.74) is 2.14. The van der Waals surface area contributed by atoms with Gasteiger partial charge < -0.3 is 10.1 Å². The van der Waals surface area contributed by atoms with Gasteiger partial charge in [-0.1, -0.05) is 28.9 Å². The fourth-order valence-electron chi connectivity index (χ4n) is 2.79. The first kappa shape index (κ1) is 19.8. The fraction of sp³-hybridized carbons (Fsp3) is 0.250. The third kappa shape index (κ3) is 4.14. The van der Waals surface area contributed by atoms with Crippen LogP contribution in [0.3, 0.4) is 0 Å². The molecule has 1 aromatic heterocycles. The van der Waals surface area contributed by atoms with E-state index in [1.807, 2.05) is 38.1 Å². The second-order valence-corrected chi connectivity index (χ2v) is 6.64. The van der Waals surface area contributed by atoms with Gasteiger partial charge in [-0.25, -0.2) is 9.07 Å². The lowest BCUT2D eigenvalue weighted by molar-refractivity contribution is 0.0934. The molecule has 0 bridgehead atoms. The van der Waals surface area contributed by atoms with Gasteiger partial charge >= 0.3 is 0 Å². The molecule has 0 aliphatic rings. The molecule has 1 unspecified atom stereocenters. The predicted octanol–water partition coefficient (Wildman–Crippen LogP) is 4.26. The van der Waals surface area contributed by atoms with Crippen molar-refractivity contribution in [3.63, 3.8) is 0 Å². The van der Waals surface area contributed by atoms with Crippen LogP contribution < -0.4 is 10.1 Å². The van der Waals surface area contributed by atoms with Crippen LogP contribution in [0.5, 0.6) is 5.75 Å². The number of ether oxygens (including phenoxy) is 1. The number of halogens is 2. The van der Waals surface area contributed by atoms with Crippen molar-refractivity contribution in [3.8, 4) is 11.4 Å². The van der Waals surface area contributed by atoms with Gasteiger partial charge in [-0.2, -0.15) is 0 Å². The van der Waals surface area contributed by atoms with Gasteiger partial charge in [0.2, 0.25) is 0 Å². The highest BCUT2D eigenvalue weighted by Crippen LogP contribution is 2.22. The molecule has 1 N–H and O–H groups in total. The molecule has 146 valence electrons. The summed E-state index contributed by atoms with van der Waals surface area (Å²) in [5, 5.41) is 10.9. The molecule has 0 spiro atoms. The van der Waals surface area contributed by atoms with E-state index in [0.29, 0.717) is 18.0 Å². The van der Waals surface area contributed by atoms with Crippen molar-refractivity contribution < 1.29 is 13.9 Å². The van der Waals surface area contributed by atoms with Crippen LogP contribution in [0, 0.1) is 12.7 Å². The van der Waals surface area contributed by atoms with Gasteiger partial charge in [0, 0.05) is 0 Å². The highest BCUT2D eigenvalue weighted by Gasteiger charge is 2.20. The second-order valence-electron chi connectivity index (χ2n) is 6.23. The first-order valence-electron chi connectivity index (χ1n) is 8.82. The lowest BCUT2D eigenvalue weighted by Crippen LogP contribution is -2.27. The molecule has 28 heavy (non-hydrogen) atoms. The van der Waals surface area contributed by atoms with Gasteiger partial charge in [0.25, 0.3) is 5.91 Å². The van der Waals surface area contributed by atoms with E-state index in [0.717, 1.165) is 11.3 Å². The van der Waals surface area contributed by atoms with Crippen molar-refractivity contribution in [2.75, 3.05) is 6.61 Å². The summed E-state index contributed by atoms with van der Waals surface area (Å²) in [6.07, 6.45) is 0. The highest BCUT2D eigenvalue weighted by molar-refractivity contribution is 6.30. The number of aromatic nitrogens is 3. The first-order chi connectivity index (χ1) is 13.4. The molecule has 0 fully saturated rings. The van der Waals surface area contributed by atoms with E-state index in [9.17, 15) is 9.18 Å². The van der Waals surface area contributed by atoms with E-state index in [1.165, 1.54) is 22.9 Å². The molecule has 1 atom stereocenters. The molecule has 6 nitrogen and oxygen atoms in total. The molecule has 1 amide bonds. The number of carbonyl (C=O) groups is 1. The average molecular weight is 403 g/mol. The summed E-state index contributed by atoms with van der Waals surface area (Å²) in [5.74, 6) is -0.132. The standard InChI is InChI=1S/C20H20ClFN4O2/c1-4-28-16-7-5-6-14(10-16)12(2)23-20(27)19-13(3)26(25-24-19)15-8-9-18(22)17(21)11-15/h5-12H,4H2,1-3H3,(H,23,27). The molecule has 0 aliphatic heterocycles. The molecule has 0 aliphatic carbocycles. The van der Waals surface area contributed by atoms with Crippen LogP contribution in [0.4, 0.5) is 4.39 Å². The molecule has 2 aromatic carbocycles. The van der Waals surface area contributed by atoms with Crippen molar-refractivity contribution >= 4 is 17.5 Å². The zero-order valence-corrected chi connectivity index (χ0v) is 16.5. The summed E-state index contributed by atoms with van der Waals surface area (Å²) < 4.78 is 20.3. The quantitative estimate of drug-likeness (QED) is 0.669. The molecular weight excluding hydrogens is 383 g/mol. The van der Waals surface area contributed by atoms with Crippen LogP contribution in [0.1, 0.15) is 41.6 Å². The van der Waals surface area contributed by atoms with Crippen molar-refractivity contribution in [3.05, 3.63) is 70.3 Å². The number of rotatable bonds is 6. The Balaban J connectivity index is 1.79. The van der Waals surface area contributed by atoms with Gasteiger partial charge in [0.05, 0.1) is 29.1 Å². The number of hydrogen-bond donors (Lipinski definition) is 1. The van der Waals surface area contributed by atoms with Gasteiger partial charge in [0.1, 0.15) is 11.6 Å². The molecule has 0 saturated carbocycles. The number of benzene rings is 2. The van der Waals surface area contributed by atoms with Crippen molar-refractivity contribution in [2.24, 2.45) is 0 Å². The molecular formula is C20H20ClFN4O2. The predicted molar refractivity (Wildman–Crippen MR) is 105 cm³/mol. The normalized spacial score (nSPS) is 11.9. The molecule has 0 saturated heterocycles. The maximum absolute atomic E-state index is 13.4. The molecule has 3 aromatic rings. The summed E-state index contributed by atoms with van der Waals surface area (Å²) >= 11 is 5.83. The highest BCUT2D eigenvalue weighted by atomic mass is 35.5. The number of amides is 1. The summed E-state index contributed by atoms with van der Waals surface area (Å²) in [4.78, 5) is 12.7. The Morgan fingerprint density at radius 1 is 1.32 bits per heavy atom. The average Bonchev–Trinajstić information content (AvgIpc) is 3.06. The zero-order chi connectivity index (χ0) is 20.3. The smallest absolute Gasteiger partial charge is 0.274 e. The van der Waals surface area contributed by atoms with E-state index < -0.39 is 5.82 Å². The van der Waals surface area contributed by atoms with E-state index in [4.69, 9.17) is 16.3 Å². The summed E-state index contributed by atoms with van der Waals surface area (Å²) in [7, 11) is 0. The maximum Gasteiger partial charge on any atom is 0.274 e. The Hall–Kier alpha value is -2.93. The topological polar surface area (TPSA) is 69.0 Å². The van der Waals surface area contributed by atoms with Crippen LogP contribution in [0.15, 0.2) is 42.5 Å². The zero-order valence-electron chi connectivity index (χ0n) is 15.7. The summed E-state index contributed by atoms with van der Waals surface area (Å²) in [6, 6.07) is 11.5. The minimum atomic E-state index is -0.524. The molecule has 8 heteroatoms. The van der Waals surface area contributed by atoms with Crippen LogP contribution >= 0.6 is 11.6 Å². The van der Waals surface area contributed by atoms with Crippen LogP contribution in [0.2, 0.25) is 5.02 Å². The summed E-state index contributed by atoms with van der Waals surface area (Å²) in [6.45, 7) is 6.08. The number of nitrogens with one attached hydrogen (secondary N) is 1. The number of nitrogens with zero attached hydrogens (tertiary/aromatic N) is 3. The molecule has 1 heterocycles. The SMILES string of the molecule is CCOc1cccc(C(C)NC(=O)c2nnn(-c3ccc(F)c(Cl)c3)c2C)c1. The molecule has 3 rings (SSSR count). The Labute approximate surface area is 167 Å². The minimum Gasteiger partial charge on any atom is -0.494 e. The minimum absolute atomic E-state index is 0.0267. The lowest BCUT2D eigenvalue weighted by Gasteiger charge is -2.15. The van der Waals surface area contributed by atoms with Crippen LogP contribution in [-0.4, -0.2) is 27.5 Å². The van der Waals surface area contributed by atoms with Crippen LogP contribution in [-0.2, 0) is 0 Å². The Bertz CT molecular complexity index is 1010. The van der Waals surface area contributed by atoms with Gasteiger partial charge in [-0.3, -0.25) is 4.79 Å². The van der Waals surface area contributed by atoms with E-state index >= 15 is 0 Å². The van der Waals surface area contributed by atoms with Crippen LogP contribution in [0.25, 0.3) is 5.69 Å². The van der Waals surface area contributed by atoms with Gasteiger partial charge in [-0.15, -0.1) is 5.10 Å². The van der Waals surface area contributed by atoms with E-state index in [1.54, 1.807) is 6.92 Å². The third-order valence-corrected chi connectivity index (χ3v) is 4.56. The van der Waals surface area contributed by atoms with Gasteiger partial charge in [0.15, 0.2) is 5.69 Å². The third-order valence-electron chi connectivity index (χ3n) is 4.27. The van der Waals surface area contributed by atoms with Gasteiger partial charge in [-0.05, 0) is 56.7 Å². The maximum atomic E-state index is 13.4. The van der Waals surface area contributed by atoms with E-state index in [2.05, 4.69) is 15.6 Å². The van der Waals surface area contributed by atoms with E-state index in [-0.39, 0.29) is 22.7 Å². The Morgan fingerprint density at radius 2 is 2.11 bits per heavy atom.